The predicted molar refractivity (Wildman–Crippen MR) is 58.1 cm³/mol. The highest BCUT2D eigenvalue weighted by Gasteiger charge is 1.93. The first kappa shape index (κ1) is 12.7. The van der Waals surface area contributed by atoms with Crippen LogP contribution in [0.4, 0.5) is 0 Å². The first-order valence-electron chi connectivity index (χ1n) is 4.96. The summed E-state index contributed by atoms with van der Waals surface area (Å²) in [4.78, 5) is 10.4. The molecule has 0 atom stereocenters. The summed E-state index contributed by atoms with van der Waals surface area (Å²) in [5.41, 5.74) is 1.19. The molecule has 2 nitrogen and oxygen atoms in total. The number of ether oxygens (including phenoxy) is 1. The van der Waals surface area contributed by atoms with Crippen molar-refractivity contribution in [2.24, 2.45) is 0 Å². The van der Waals surface area contributed by atoms with Gasteiger partial charge in [0.05, 0.1) is 6.61 Å². The van der Waals surface area contributed by atoms with Crippen LogP contribution in [0.1, 0.15) is 26.3 Å². The fourth-order valence-corrected chi connectivity index (χ4v) is 0.957. The standard InChI is InChI=1S/C10H12O2.C2H6/c1-9(11)12-8-7-10-5-3-2-4-6-10;1-2/h2-6H,7-8H2,1H3;1-2H3. The summed E-state index contributed by atoms with van der Waals surface area (Å²) < 4.78 is 4.81. The Morgan fingerprint density at radius 2 is 1.79 bits per heavy atom. The minimum absolute atomic E-state index is 0.217. The number of hydrogen-bond acceptors (Lipinski definition) is 2. The molecule has 0 aromatic heterocycles. The van der Waals surface area contributed by atoms with Gasteiger partial charge in [-0.05, 0) is 5.56 Å². The topological polar surface area (TPSA) is 26.3 Å². The number of benzene rings is 1. The molecule has 0 unspecified atom stereocenters. The van der Waals surface area contributed by atoms with E-state index in [1.807, 2.05) is 44.2 Å². The molecule has 2 heteroatoms. The van der Waals surface area contributed by atoms with Crippen molar-refractivity contribution in [1.29, 1.82) is 0 Å². The lowest BCUT2D eigenvalue weighted by atomic mass is 10.2. The summed E-state index contributed by atoms with van der Waals surface area (Å²) in [5, 5.41) is 0. The summed E-state index contributed by atoms with van der Waals surface area (Å²) in [7, 11) is 0. The van der Waals surface area contributed by atoms with Crippen molar-refractivity contribution in [3.8, 4) is 0 Å². The van der Waals surface area contributed by atoms with Crippen molar-refractivity contribution in [1.82, 2.24) is 0 Å². The Hall–Kier alpha value is -1.31. The number of esters is 1. The average molecular weight is 194 g/mol. The summed E-state index contributed by atoms with van der Waals surface area (Å²) >= 11 is 0. The van der Waals surface area contributed by atoms with Crippen molar-refractivity contribution in [3.05, 3.63) is 35.9 Å². The van der Waals surface area contributed by atoms with Crippen LogP contribution >= 0.6 is 0 Å². The second kappa shape index (κ2) is 8.30. The molecule has 14 heavy (non-hydrogen) atoms. The van der Waals surface area contributed by atoms with E-state index in [0.29, 0.717) is 6.61 Å². The smallest absolute Gasteiger partial charge is 0.302 e. The third kappa shape index (κ3) is 6.23. The van der Waals surface area contributed by atoms with Crippen molar-refractivity contribution < 1.29 is 9.53 Å². The molecule has 0 saturated carbocycles. The molecule has 1 aromatic carbocycles. The van der Waals surface area contributed by atoms with Crippen LogP contribution in [0.15, 0.2) is 30.3 Å². The summed E-state index contributed by atoms with van der Waals surface area (Å²) in [6.45, 7) is 5.89. The molecular formula is C12H18O2. The monoisotopic (exact) mass is 194 g/mol. The molecule has 1 rings (SSSR count). The molecule has 0 N–H and O–H groups in total. The van der Waals surface area contributed by atoms with Crippen molar-refractivity contribution in [3.63, 3.8) is 0 Å². The van der Waals surface area contributed by atoms with Gasteiger partial charge in [0.15, 0.2) is 0 Å². The van der Waals surface area contributed by atoms with Crippen LogP contribution in [-0.4, -0.2) is 12.6 Å². The lowest BCUT2D eigenvalue weighted by Gasteiger charge is -2.00. The summed E-state index contributed by atoms with van der Waals surface area (Å²) in [6.07, 6.45) is 0.792. The molecule has 1 aromatic rings. The number of hydrogen-bond donors (Lipinski definition) is 0. The quantitative estimate of drug-likeness (QED) is 0.692. The van der Waals surface area contributed by atoms with Crippen LogP contribution < -0.4 is 0 Å². The fraction of sp³-hybridized carbons (Fsp3) is 0.417. The normalized spacial score (nSPS) is 8.50. The highest BCUT2D eigenvalue weighted by molar-refractivity contribution is 5.65. The van der Waals surface area contributed by atoms with E-state index in [-0.39, 0.29) is 5.97 Å². The fourth-order valence-electron chi connectivity index (χ4n) is 0.957. The maximum Gasteiger partial charge on any atom is 0.302 e. The second-order valence-corrected chi connectivity index (χ2v) is 2.58. The molecule has 0 amide bonds. The summed E-state index contributed by atoms with van der Waals surface area (Å²) in [5.74, 6) is -0.217. The van der Waals surface area contributed by atoms with Gasteiger partial charge >= 0.3 is 5.97 Å². The molecule has 0 radical (unpaired) electrons. The largest absolute Gasteiger partial charge is 0.466 e. The van der Waals surface area contributed by atoms with Gasteiger partial charge in [0.1, 0.15) is 0 Å². The lowest BCUT2D eigenvalue weighted by Crippen LogP contribution is -2.02. The highest BCUT2D eigenvalue weighted by atomic mass is 16.5. The van der Waals surface area contributed by atoms with E-state index < -0.39 is 0 Å². The van der Waals surface area contributed by atoms with Crippen molar-refractivity contribution in [2.45, 2.75) is 27.2 Å². The average Bonchev–Trinajstić information content (AvgIpc) is 2.22. The van der Waals surface area contributed by atoms with Gasteiger partial charge in [-0.2, -0.15) is 0 Å². The van der Waals surface area contributed by atoms with Gasteiger partial charge in [-0.15, -0.1) is 0 Å². The third-order valence-electron chi connectivity index (χ3n) is 1.54. The molecule has 0 fully saturated rings. The zero-order valence-corrected chi connectivity index (χ0v) is 9.12. The molecule has 0 aliphatic heterocycles. The maximum absolute atomic E-state index is 10.4. The highest BCUT2D eigenvalue weighted by Crippen LogP contribution is 1.99. The van der Waals surface area contributed by atoms with E-state index in [4.69, 9.17) is 4.74 Å². The molecule has 0 aliphatic rings. The minimum atomic E-state index is -0.217. The minimum Gasteiger partial charge on any atom is -0.466 e. The van der Waals surface area contributed by atoms with E-state index in [0.717, 1.165) is 6.42 Å². The number of carbonyl (C=O) groups excluding carboxylic acids is 1. The lowest BCUT2D eigenvalue weighted by molar-refractivity contribution is -0.140. The number of rotatable bonds is 3. The Kier molecular flexibility index (Phi) is 7.52. The van der Waals surface area contributed by atoms with Gasteiger partial charge in [-0.25, -0.2) is 0 Å². The van der Waals surface area contributed by atoms with Crippen LogP contribution in [0.5, 0.6) is 0 Å². The van der Waals surface area contributed by atoms with E-state index in [2.05, 4.69) is 0 Å². The zero-order valence-electron chi connectivity index (χ0n) is 9.12. The zero-order chi connectivity index (χ0) is 10.8. The van der Waals surface area contributed by atoms with Crippen LogP contribution in [0, 0.1) is 0 Å². The third-order valence-corrected chi connectivity index (χ3v) is 1.54. The Balaban J connectivity index is 0.000000791. The van der Waals surface area contributed by atoms with Crippen LogP contribution in [0.3, 0.4) is 0 Å². The van der Waals surface area contributed by atoms with Gasteiger partial charge in [-0.1, -0.05) is 44.2 Å². The Morgan fingerprint density at radius 3 is 2.29 bits per heavy atom. The first-order chi connectivity index (χ1) is 6.79. The molecular weight excluding hydrogens is 176 g/mol. The maximum atomic E-state index is 10.4. The molecule has 0 saturated heterocycles. The summed E-state index contributed by atoms with van der Waals surface area (Å²) in [6, 6.07) is 9.95. The first-order valence-corrected chi connectivity index (χ1v) is 4.96. The van der Waals surface area contributed by atoms with E-state index >= 15 is 0 Å². The second-order valence-electron chi connectivity index (χ2n) is 2.58. The van der Waals surface area contributed by atoms with Crippen molar-refractivity contribution >= 4 is 5.97 Å². The Morgan fingerprint density at radius 1 is 1.21 bits per heavy atom. The van der Waals surface area contributed by atoms with Gasteiger partial charge in [0.25, 0.3) is 0 Å². The molecule has 0 aliphatic carbocycles. The van der Waals surface area contributed by atoms with E-state index in [1.54, 1.807) is 0 Å². The van der Waals surface area contributed by atoms with Crippen LogP contribution in [-0.2, 0) is 16.0 Å². The van der Waals surface area contributed by atoms with Gasteiger partial charge in [0.2, 0.25) is 0 Å². The Labute approximate surface area is 85.9 Å². The molecule has 78 valence electrons. The van der Waals surface area contributed by atoms with Gasteiger partial charge < -0.3 is 4.74 Å². The van der Waals surface area contributed by atoms with Crippen LogP contribution in [0.25, 0.3) is 0 Å². The van der Waals surface area contributed by atoms with Crippen molar-refractivity contribution in [2.75, 3.05) is 6.61 Å². The SMILES string of the molecule is CC.CC(=O)OCCc1ccccc1. The Bertz CT molecular complexity index is 242. The predicted octanol–water partition coefficient (Wildman–Crippen LogP) is 2.82. The van der Waals surface area contributed by atoms with Crippen LogP contribution in [0.2, 0.25) is 0 Å². The van der Waals surface area contributed by atoms with Gasteiger partial charge in [0, 0.05) is 13.3 Å². The van der Waals surface area contributed by atoms with E-state index in [9.17, 15) is 4.79 Å². The molecule has 0 heterocycles. The molecule has 0 bridgehead atoms. The number of carbonyl (C=O) groups is 1. The molecule has 0 spiro atoms. The van der Waals surface area contributed by atoms with Gasteiger partial charge in [-0.3, -0.25) is 4.79 Å². The van der Waals surface area contributed by atoms with E-state index in [1.165, 1.54) is 12.5 Å².